The van der Waals surface area contributed by atoms with Gasteiger partial charge in [-0.3, -0.25) is 0 Å². The van der Waals surface area contributed by atoms with Crippen molar-refractivity contribution in [2.75, 3.05) is 0 Å². The molecular formula is C12H20N2O. The smallest absolute Gasteiger partial charge is 0.133 e. The molecule has 0 amide bonds. The standard InChI is InChI=1S/C12H20N2O/c1-9-7-10(14-15-9)8-13-11-5-4-6-12(11,2)3/h7,11,13H,4-6,8H2,1-3H3. The van der Waals surface area contributed by atoms with E-state index in [1.807, 2.05) is 13.0 Å². The minimum absolute atomic E-state index is 0.429. The van der Waals surface area contributed by atoms with Gasteiger partial charge in [-0.25, -0.2) is 0 Å². The highest BCUT2D eigenvalue weighted by molar-refractivity contribution is 5.04. The van der Waals surface area contributed by atoms with Crippen LogP contribution in [0.4, 0.5) is 0 Å². The van der Waals surface area contributed by atoms with Crippen LogP contribution in [0.25, 0.3) is 0 Å². The van der Waals surface area contributed by atoms with Crippen LogP contribution in [0.2, 0.25) is 0 Å². The summed E-state index contributed by atoms with van der Waals surface area (Å²) in [5.41, 5.74) is 1.44. The molecule has 1 aliphatic carbocycles. The fourth-order valence-electron chi connectivity index (χ4n) is 2.43. The summed E-state index contributed by atoms with van der Waals surface area (Å²) in [4.78, 5) is 0. The molecule has 0 saturated heterocycles. The van der Waals surface area contributed by atoms with E-state index in [0.29, 0.717) is 11.5 Å². The molecule has 1 aromatic heterocycles. The first kappa shape index (κ1) is 10.7. The van der Waals surface area contributed by atoms with E-state index in [2.05, 4.69) is 24.3 Å². The van der Waals surface area contributed by atoms with Gasteiger partial charge in [-0.2, -0.15) is 0 Å². The van der Waals surface area contributed by atoms with Gasteiger partial charge in [0.25, 0.3) is 0 Å². The zero-order valence-electron chi connectivity index (χ0n) is 9.84. The lowest BCUT2D eigenvalue weighted by Gasteiger charge is -2.27. The maximum atomic E-state index is 5.04. The van der Waals surface area contributed by atoms with Crippen LogP contribution in [0.15, 0.2) is 10.6 Å². The molecule has 0 bridgehead atoms. The molecule has 0 spiro atoms. The Morgan fingerprint density at radius 3 is 2.93 bits per heavy atom. The van der Waals surface area contributed by atoms with Crippen molar-refractivity contribution in [2.45, 2.75) is 52.6 Å². The predicted molar refractivity (Wildman–Crippen MR) is 59.5 cm³/mol. The van der Waals surface area contributed by atoms with Crippen molar-refractivity contribution in [1.82, 2.24) is 10.5 Å². The first-order valence-corrected chi connectivity index (χ1v) is 5.73. The van der Waals surface area contributed by atoms with Gasteiger partial charge in [0.1, 0.15) is 5.76 Å². The number of hydrogen-bond acceptors (Lipinski definition) is 3. The van der Waals surface area contributed by atoms with E-state index in [-0.39, 0.29) is 0 Å². The van der Waals surface area contributed by atoms with Gasteiger partial charge < -0.3 is 9.84 Å². The van der Waals surface area contributed by atoms with Crippen LogP contribution in [0.1, 0.15) is 44.6 Å². The van der Waals surface area contributed by atoms with Gasteiger partial charge in [0.2, 0.25) is 0 Å². The minimum Gasteiger partial charge on any atom is -0.361 e. The second kappa shape index (κ2) is 3.97. The summed E-state index contributed by atoms with van der Waals surface area (Å²) in [6.07, 6.45) is 3.94. The van der Waals surface area contributed by atoms with Crippen molar-refractivity contribution < 1.29 is 4.52 Å². The summed E-state index contributed by atoms with van der Waals surface area (Å²) in [5, 5.41) is 7.57. The van der Waals surface area contributed by atoms with Crippen LogP contribution in [-0.2, 0) is 6.54 Å². The molecule has 1 atom stereocenters. The molecule has 1 aromatic rings. The van der Waals surface area contributed by atoms with E-state index in [0.717, 1.165) is 18.0 Å². The molecule has 1 aliphatic rings. The van der Waals surface area contributed by atoms with Gasteiger partial charge in [-0.15, -0.1) is 0 Å². The topological polar surface area (TPSA) is 38.1 Å². The number of nitrogens with zero attached hydrogens (tertiary/aromatic N) is 1. The maximum Gasteiger partial charge on any atom is 0.133 e. The summed E-state index contributed by atoms with van der Waals surface area (Å²) in [6, 6.07) is 2.61. The molecule has 1 fully saturated rings. The quantitative estimate of drug-likeness (QED) is 0.829. The second-order valence-corrected chi connectivity index (χ2v) is 5.24. The summed E-state index contributed by atoms with van der Waals surface area (Å²) in [5.74, 6) is 0.887. The van der Waals surface area contributed by atoms with E-state index < -0.39 is 0 Å². The van der Waals surface area contributed by atoms with Gasteiger partial charge in [-0.05, 0) is 25.2 Å². The molecule has 3 nitrogen and oxygen atoms in total. The van der Waals surface area contributed by atoms with Gasteiger partial charge in [0.05, 0.1) is 5.69 Å². The Labute approximate surface area is 91.2 Å². The lowest BCUT2D eigenvalue weighted by atomic mass is 9.87. The zero-order valence-corrected chi connectivity index (χ0v) is 9.84. The number of hydrogen-bond donors (Lipinski definition) is 1. The van der Waals surface area contributed by atoms with Crippen molar-refractivity contribution in [3.05, 3.63) is 17.5 Å². The van der Waals surface area contributed by atoms with Crippen molar-refractivity contribution in [3.8, 4) is 0 Å². The highest BCUT2D eigenvalue weighted by Gasteiger charge is 2.33. The number of aryl methyl sites for hydroxylation is 1. The highest BCUT2D eigenvalue weighted by atomic mass is 16.5. The van der Waals surface area contributed by atoms with Crippen LogP contribution in [-0.4, -0.2) is 11.2 Å². The highest BCUT2D eigenvalue weighted by Crippen LogP contribution is 2.37. The molecule has 2 rings (SSSR count). The Kier molecular flexibility index (Phi) is 2.83. The molecule has 0 aromatic carbocycles. The summed E-state index contributed by atoms with van der Waals surface area (Å²) in [7, 11) is 0. The molecule has 1 unspecified atom stereocenters. The van der Waals surface area contributed by atoms with Crippen molar-refractivity contribution >= 4 is 0 Å². The van der Waals surface area contributed by atoms with Gasteiger partial charge >= 0.3 is 0 Å². The molecule has 15 heavy (non-hydrogen) atoms. The van der Waals surface area contributed by atoms with E-state index in [4.69, 9.17) is 4.52 Å². The molecule has 1 N–H and O–H groups in total. The average molecular weight is 208 g/mol. The SMILES string of the molecule is Cc1cc(CNC2CCCC2(C)C)no1. The fraction of sp³-hybridized carbons (Fsp3) is 0.750. The molecule has 3 heteroatoms. The molecule has 1 saturated carbocycles. The lowest BCUT2D eigenvalue weighted by molar-refractivity contribution is 0.279. The van der Waals surface area contributed by atoms with E-state index >= 15 is 0 Å². The molecule has 84 valence electrons. The molecule has 0 radical (unpaired) electrons. The fourth-order valence-corrected chi connectivity index (χ4v) is 2.43. The van der Waals surface area contributed by atoms with Crippen LogP contribution >= 0.6 is 0 Å². The van der Waals surface area contributed by atoms with E-state index in [1.54, 1.807) is 0 Å². The monoisotopic (exact) mass is 208 g/mol. The van der Waals surface area contributed by atoms with Crippen molar-refractivity contribution in [2.24, 2.45) is 5.41 Å². The molecular weight excluding hydrogens is 188 g/mol. The molecule has 1 heterocycles. The average Bonchev–Trinajstić information content (AvgIpc) is 2.69. The summed E-state index contributed by atoms with van der Waals surface area (Å²) in [6.45, 7) is 7.43. The van der Waals surface area contributed by atoms with E-state index in [9.17, 15) is 0 Å². The van der Waals surface area contributed by atoms with Gasteiger partial charge in [-0.1, -0.05) is 25.4 Å². The number of rotatable bonds is 3. The Morgan fingerprint density at radius 1 is 1.60 bits per heavy atom. The molecule has 0 aliphatic heterocycles. The van der Waals surface area contributed by atoms with Gasteiger partial charge in [0.15, 0.2) is 0 Å². The Bertz CT molecular complexity index is 330. The Morgan fingerprint density at radius 2 is 2.40 bits per heavy atom. The lowest BCUT2D eigenvalue weighted by Crippen LogP contribution is -2.37. The van der Waals surface area contributed by atoms with Crippen LogP contribution in [0, 0.1) is 12.3 Å². The predicted octanol–water partition coefficient (Wildman–Crippen LogP) is 2.65. The number of aromatic nitrogens is 1. The Hall–Kier alpha value is -0.830. The first-order chi connectivity index (χ1) is 7.08. The van der Waals surface area contributed by atoms with Crippen LogP contribution in [0.5, 0.6) is 0 Å². The van der Waals surface area contributed by atoms with Crippen molar-refractivity contribution in [3.63, 3.8) is 0 Å². The summed E-state index contributed by atoms with van der Waals surface area (Å²) < 4.78 is 5.04. The minimum atomic E-state index is 0.429. The Balaban J connectivity index is 1.88. The third-order valence-electron chi connectivity index (χ3n) is 3.46. The van der Waals surface area contributed by atoms with Crippen LogP contribution < -0.4 is 5.32 Å². The van der Waals surface area contributed by atoms with E-state index in [1.165, 1.54) is 19.3 Å². The third kappa shape index (κ3) is 2.40. The normalized spacial score (nSPS) is 24.6. The second-order valence-electron chi connectivity index (χ2n) is 5.24. The third-order valence-corrected chi connectivity index (χ3v) is 3.46. The first-order valence-electron chi connectivity index (χ1n) is 5.73. The summed E-state index contributed by atoms with van der Waals surface area (Å²) >= 11 is 0. The van der Waals surface area contributed by atoms with Gasteiger partial charge in [0, 0.05) is 18.7 Å². The maximum absolute atomic E-state index is 5.04. The van der Waals surface area contributed by atoms with Crippen molar-refractivity contribution in [1.29, 1.82) is 0 Å². The zero-order chi connectivity index (χ0) is 10.9. The largest absolute Gasteiger partial charge is 0.361 e. The number of nitrogens with one attached hydrogen (secondary N) is 1. The van der Waals surface area contributed by atoms with Crippen LogP contribution in [0.3, 0.4) is 0 Å².